The van der Waals surface area contributed by atoms with Crippen LogP contribution in [0.2, 0.25) is 10.0 Å². The van der Waals surface area contributed by atoms with Gasteiger partial charge in [-0.2, -0.15) is 0 Å². The van der Waals surface area contributed by atoms with Gasteiger partial charge in [-0.1, -0.05) is 29.3 Å². The summed E-state index contributed by atoms with van der Waals surface area (Å²) in [5.41, 5.74) is 0.404. The highest BCUT2D eigenvalue weighted by molar-refractivity contribution is 6.39. The molecule has 1 fully saturated rings. The molecule has 0 aliphatic carbocycles. The Labute approximate surface area is 133 Å². The van der Waals surface area contributed by atoms with Crippen LogP contribution in [0.4, 0.5) is 10.5 Å². The number of ether oxygens (including phenoxy) is 1. The molecule has 114 valence electrons. The maximum absolute atomic E-state index is 12.3. The molecule has 2 amide bonds. The van der Waals surface area contributed by atoms with Crippen molar-refractivity contribution in [3.8, 4) is 0 Å². The molecule has 1 saturated heterocycles. The average molecular weight is 331 g/mol. The van der Waals surface area contributed by atoms with Crippen LogP contribution in [0.15, 0.2) is 18.2 Å². The van der Waals surface area contributed by atoms with Crippen molar-refractivity contribution < 1.29 is 14.3 Å². The molecule has 1 aliphatic rings. The van der Waals surface area contributed by atoms with E-state index in [1.54, 1.807) is 18.2 Å². The van der Waals surface area contributed by atoms with Gasteiger partial charge in [-0.05, 0) is 25.0 Å². The van der Waals surface area contributed by atoms with Gasteiger partial charge in [0.25, 0.3) is 0 Å². The minimum absolute atomic E-state index is 0.196. The Bertz CT molecular complexity index is 531. The molecule has 0 spiro atoms. The molecule has 0 saturated carbocycles. The third kappa shape index (κ3) is 3.80. The summed E-state index contributed by atoms with van der Waals surface area (Å²) in [6, 6.07) is 5.02. The average Bonchev–Trinajstić information content (AvgIpc) is 2.50. The van der Waals surface area contributed by atoms with Crippen molar-refractivity contribution in [1.82, 2.24) is 4.90 Å². The van der Waals surface area contributed by atoms with E-state index in [-0.39, 0.29) is 11.8 Å². The number of hydrogen-bond donors (Lipinski definition) is 1. The standard InChI is InChI=1S/C14H16Cl2N2O3/c1-21-14(20)18-7-3-4-9(8-18)13(19)17-12-10(15)5-2-6-11(12)16/h2,5-6,9H,3-4,7-8H2,1H3,(H,17,19). The number of likely N-dealkylation sites (tertiary alicyclic amines) is 1. The molecule has 2 rings (SSSR count). The highest BCUT2D eigenvalue weighted by atomic mass is 35.5. The predicted octanol–water partition coefficient (Wildman–Crippen LogP) is 3.41. The summed E-state index contributed by atoms with van der Waals surface area (Å²) < 4.78 is 4.69. The molecule has 1 atom stereocenters. The smallest absolute Gasteiger partial charge is 0.409 e. The molecule has 5 nitrogen and oxygen atoms in total. The van der Waals surface area contributed by atoms with E-state index >= 15 is 0 Å². The molecule has 0 aromatic heterocycles. The SMILES string of the molecule is COC(=O)N1CCCC(C(=O)Nc2c(Cl)cccc2Cl)C1. The van der Waals surface area contributed by atoms with Crippen LogP contribution < -0.4 is 5.32 Å². The van der Waals surface area contributed by atoms with Crippen molar-refractivity contribution >= 4 is 40.9 Å². The first-order valence-corrected chi connectivity index (χ1v) is 7.36. The highest BCUT2D eigenvalue weighted by Gasteiger charge is 2.29. The number of rotatable bonds is 2. The first-order valence-electron chi connectivity index (χ1n) is 6.60. The lowest BCUT2D eigenvalue weighted by molar-refractivity contribution is -0.121. The van der Waals surface area contributed by atoms with Crippen LogP contribution >= 0.6 is 23.2 Å². The van der Waals surface area contributed by atoms with Gasteiger partial charge in [-0.3, -0.25) is 4.79 Å². The van der Waals surface area contributed by atoms with E-state index in [9.17, 15) is 9.59 Å². The number of para-hydroxylation sites is 1. The monoisotopic (exact) mass is 330 g/mol. The van der Waals surface area contributed by atoms with Crippen molar-refractivity contribution in [2.45, 2.75) is 12.8 Å². The molecule has 7 heteroatoms. The number of nitrogens with zero attached hydrogens (tertiary/aromatic N) is 1. The van der Waals surface area contributed by atoms with Crippen LogP contribution in [0, 0.1) is 5.92 Å². The maximum Gasteiger partial charge on any atom is 0.409 e. The van der Waals surface area contributed by atoms with Gasteiger partial charge in [0.2, 0.25) is 5.91 Å². The van der Waals surface area contributed by atoms with Crippen molar-refractivity contribution in [1.29, 1.82) is 0 Å². The molecular weight excluding hydrogens is 315 g/mol. The van der Waals surface area contributed by atoms with Crippen LogP contribution in [0.25, 0.3) is 0 Å². The Hall–Kier alpha value is -1.46. The third-order valence-corrected chi connectivity index (χ3v) is 4.07. The Kier molecular flexibility index (Phi) is 5.31. The van der Waals surface area contributed by atoms with Gasteiger partial charge in [0.1, 0.15) is 0 Å². The van der Waals surface area contributed by atoms with Gasteiger partial charge in [-0.15, -0.1) is 0 Å². The zero-order valence-electron chi connectivity index (χ0n) is 11.6. The lowest BCUT2D eigenvalue weighted by atomic mass is 9.97. The summed E-state index contributed by atoms with van der Waals surface area (Å²) in [6.45, 7) is 0.934. The molecule has 1 aromatic rings. The minimum atomic E-state index is -0.414. The third-order valence-electron chi connectivity index (χ3n) is 3.44. The molecule has 1 aliphatic heterocycles. The molecule has 1 heterocycles. The second kappa shape index (κ2) is 7.00. The highest BCUT2D eigenvalue weighted by Crippen LogP contribution is 2.30. The number of carbonyl (C=O) groups excluding carboxylic acids is 2. The number of benzene rings is 1. The number of nitrogens with one attached hydrogen (secondary N) is 1. The normalized spacial score (nSPS) is 18.2. The van der Waals surface area contributed by atoms with Gasteiger partial charge in [0.05, 0.1) is 28.8 Å². The number of carbonyl (C=O) groups is 2. The summed E-state index contributed by atoms with van der Waals surface area (Å²) in [6.07, 6.45) is 1.05. The van der Waals surface area contributed by atoms with Gasteiger partial charge in [0, 0.05) is 13.1 Å². The lowest BCUT2D eigenvalue weighted by Gasteiger charge is -2.31. The van der Waals surface area contributed by atoms with Crippen LogP contribution in [0.1, 0.15) is 12.8 Å². The van der Waals surface area contributed by atoms with Crippen LogP contribution in [0.3, 0.4) is 0 Å². The van der Waals surface area contributed by atoms with Crippen LogP contribution in [-0.2, 0) is 9.53 Å². The molecule has 1 unspecified atom stereocenters. The number of methoxy groups -OCH3 is 1. The second-order valence-corrected chi connectivity index (χ2v) is 5.66. The first-order chi connectivity index (χ1) is 10.0. The lowest BCUT2D eigenvalue weighted by Crippen LogP contribution is -2.43. The summed E-state index contributed by atoms with van der Waals surface area (Å²) in [5, 5.41) is 3.52. The number of halogens is 2. The first kappa shape index (κ1) is 15.9. The molecule has 0 radical (unpaired) electrons. The van der Waals surface area contributed by atoms with Crippen molar-refractivity contribution in [3.63, 3.8) is 0 Å². The Balaban J connectivity index is 2.05. The van der Waals surface area contributed by atoms with E-state index in [0.717, 1.165) is 6.42 Å². The van der Waals surface area contributed by atoms with Gasteiger partial charge in [-0.25, -0.2) is 4.79 Å². The molecule has 21 heavy (non-hydrogen) atoms. The molecule has 1 N–H and O–H groups in total. The van der Waals surface area contributed by atoms with E-state index in [1.165, 1.54) is 12.0 Å². The van der Waals surface area contributed by atoms with E-state index < -0.39 is 6.09 Å². The number of hydrogen-bond acceptors (Lipinski definition) is 3. The molecular formula is C14H16Cl2N2O3. The topological polar surface area (TPSA) is 58.6 Å². The fourth-order valence-corrected chi connectivity index (χ4v) is 2.82. The summed E-state index contributed by atoms with van der Waals surface area (Å²) in [7, 11) is 1.33. The van der Waals surface area contributed by atoms with E-state index in [0.29, 0.717) is 35.2 Å². The van der Waals surface area contributed by atoms with Gasteiger partial charge in [0.15, 0.2) is 0 Å². The fraction of sp³-hybridized carbons (Fsp3) is 0.429. The number of amides is 2. The Morgan fingerprint density at radius 1 is 1.33 bits per heavy atom. The van der Waals surface area contributed by atoms with Crippen molar-refractivity contribution in [2.24, 2.45) is 5.92 Å². The minimum Gasteiger partial charge on any atom is -0.453 e. The van der Waals surface area contributed by atoms with E-state index in [2.05, 4.69) is 10.1 Å². The van der Waals surface area contributed by atoms with E-state index in [4.69, 9.17) is 23.2 Å². The molecule has 0 bridgehead atoms. The van der Waals surface area contributed by atoms with Crippen LogP contribution in [-0.4, -0.2) is 37.1 Å². The second-order valence-electron chi connectivity index (χ2n) is 4.84. The van der Waals surface area contributed by atoms with Crippen LogP contribution in [0.5, 0.6) is 0 Å². The Morgan fingerprint density at radius 2 is 2.00 bits per heavy atom. The summed E-state index contributed by atoms with van der Waals surface area (Å²) in [5.74, 6) is -0.496. The zero-order chi connectivity index (χ0) is 15.4. The predicted molar refractivity (Wildman–Crippen MR) is 81.8 cm³/mol. The zero-order valence-corrected chi connectivity index (χ0v) is 13.1. The Morgan fingerprint density at radius 3 is 2.62 bits per heavy atom. The maximum atomic E-state index is 12.3. The van der Waals surface area contributed by atoms with Crippen molar-refractivity contribution in [2.75, 3.05) is 25.5 Å². The number of anilines is 1. The van der Waals surface area contributed by atoms with Gasteiger partial charge >= 0.3 is 6.09 Å². The van der Waals surface area contributed by atoms with Gasteiger partial charge < -0.3 is 15.0 Å². The quantitative estimate of drug-likeness (QED) is 0.903. The summed E-state index contributed by atoms with van der Waals surface area (Å²) in [4.78, 5) is 25.4. The number of piperidine rings is 1. The van der Waals surface area contributed by atoms with Crippen molar-refractivity contribution in [3.05, 3.63) is 28.2 Å². The largest absolute Gasteiger partial charge is 0.453 e. The fourth-order valence-electron chi connectivity index (χ4n) is 2.33. The summed E-state index contributed by atoms with van der Waals surface area (Å²) >= 11 is 12.1. The van der Waals surface area contributed by atoms with E-state index in [1.807, 2.05) is 0 Å². The molecule has 1 aromatic carbocycles.